The van der Waals surface area contributed by atoms with Crippen LogP contribution in [0, 0.1) is 0 Å². The van der Waals surface area contributed by atoms with Crippen molar-refractivity contribution in [1.29, 1.82) is 0 Å². The number of benzene rings is 1. The lowest BCUT2D eigenvalue weighted by molar-refractivity contribution is -0.114. The molecule has 3 aromatic heterocycles. The van der Waals surface area contributed by atoms with Crippen LogP contribution in [-0.2, 0) is 11.8 Å². The Morgan fingerprint density at radius 1 is 1.00 bits per heavy atom. The molecule has 0 radical (unpaired) electrons. The number of imide groups is 1. The molecule has 0 saturated carbocycles. The summed E-state index contributed by atoms with van der Waals surface area (Å²) in [6, 6.07) is 10.1. The van der Waals surface area contributed by atoms with E-state index in [0.717, 1.165) is 10.5 Å². The molecule has 0 aliphatic carbocycles. The number of nitrogens with zero attached hydrogens (tertiary/aromatic N) is 5. The topological polar surface area (TPSA) is 110 Å². The maximum atomic E-state index is 13.4. The van der Waals surface area contributed by atoms with Crippen molar-refractivity contribution in [2.75, 3.05) is 10.2 Å². The van der Waals surface area contributed by atoms with Crippen LogP contribution in [0.25, 0.3) is 22.3 Å². The Labute approximate surface area is 176 Å². The molecule has 0 spiro atoms. The summed E-state index contributed by atoms with van der Waals surface area (Å²) in [4.78, 5) is 47.3. The van der Waals surface area contributed by atoms with Gasteiger partial charge >= 0.3 is 0 Å². The molecule has 1 aliphatic rings. The van der Waals surface area contributed by atoms with Crippen LogP contribution in [0.2, 0.25) is 0 Å². The zero-order valence-electron chi connectivity index (χ0n) is 16.7. The summed E-state index contributed by atoms with van der Waals surface area (Å²) in [5, 5.41) is 7.73. The molecule has 9 nitrogen and oxygen atoms in total. The molecule has 0 bridgehead atoms. The average molecular weight is 412 g/mol. The van der Waals surface area contributed by atoms with Gasteiger partial charge in [0.25, 0.3) is 11.8 Å². The van der Waals surface area contributed by atoms with Gasteiger partial charge in [-0.2, -0.15) is 5.10 Å². The van der Waals surface area contributed by atoms with E-state index in [9.17, 15) is 14.4 Å². The lowest BCUT2D eigenvalue weighted by Gasteiger charge is -2.14. The Hall–Kier alpha value is -4.40. The summed E-state index contributed by atoms with van der Waals surface area (Å²) < 4.78 is 1.59. The van der Waals surface area contributed by atoms with Crippen LogP contribution in [0.4, 0.5) is 11.4 Å². The Morgan fingerprint density at radius 2 is 1.71 bits per heavy atom. The van der Waals surface area contributed by atoms with Gasteiger partial charge in [0.2, 0.25) is 5.91 Å². The molecule has 1 aliphatic heterocycles. The van der Waals surface area contributed by atoms with Gasteiger partial charge in [-0.1, -0.05) is 0 Å². The fourth-order valence-electron chi connectivity index (χ4n) is 3.77. The van der Waals surface area contributed by atoms with E-state index in [2.05, 4.69) is 20.4 Å². The van der Waals surface area contributed by atoms with Crippen molar-refractivity contribution >= 4 is 40.1 Å². The van der Waals surface area contributed by atoms with E-state index in [4.69, 9.17) is 0 Å². The van der Waals surface area contributed by atoms with E-state index >= 15 is 0 Å². The number of fused-ring (bicyclic) bond motifs is 3. The molecule has 5 rings (SSSR count). The molecular weight excluding hydrogens is 396 g/mol. The lowest BCUT2D eigenvalue weighted by Crippen LogP contribution is -2.29. The van der Waals surface area contributed by atoms with Gasteiger partial charge in [0.15, 0.2) is 5.65 Å². The van der Waals surface area contributed by atoms with E-state index in [-0.39, 0.29) is 17.0 Å². The van der Waals surface area contributed by atoms with E-state index in [0.29, 0.717) is 28.1 Å². The molecular formula is C22H16N6O3. The molecule has 152 valence electrons. The van der Waals surface area contributed by atoms with Crippen molar-refractivity contribution < 1.29 is 14.4 Å². The molecule has 31 heavy (non-hydrogen) atoms. The molecule has 1 N–H and O–H groups in total. The molecule has 9 heteroatoms. The standard InChI is InChI=1S/C22H16N6O3/c1-12(29)25-14-3-5-15(6-4-14)28-21(30)16-11-24-20-18(17(16)22(28)31)19(26-27(20)2)13-7-9-23-10-8-13/h3-11H,1-2H3,(H,25,29). The predicted molar refractivity (Wildman–Crippen MR) is 114 cm³/mol. The predicted octanol–water partition coefficient (Wildman–Crippen LogP) is 2.79. The lowest BCUT2D eigenvalue weighted by atomic mass is 10.0. The highest BCUT2D eigenvalue weighted by atomic mass is 16.2. The summed E-state index contributed by atoms with van der Waals surface area (Å²) in [5.74, 6) is -1.10. The molecule has 4 aromatic rings. The minimum Gasteiger partial charge on any atom is -0.326 e. The number of nitrogens with one attached hydrogen (secondary N) is 1. The Bertz CT molecular complexity index is 1380. The normalized spacial score (nSPS) is 13.0. The minimum absolute atomic E-state index is 0.206. The zero-order chi connectivity index (χ0) is 21.7. The highest BCUT2D eigenvalue weighted by molar-refractivity contribution is 6.38. The number of carbonyl (C=O) groups is 3. The molecule has 0 saturated heterocycles. The molecule has 0 fully saturated rings. The molecule has 1 aromatic carbocycles. The smallest absolute Gasteiger partial charge is 0.267 e. The number of pyridine rings is 2. The molecule has 0 unspecified atom stereocenters. The quantitative estimate of drug-likeness (QED) is 0.518. The Balaban J connectivity index is 1.65. The fraction of sp³-hybridized carbons (Fsp3) is 0.0909. The van der Waals surface area contributed by atoms with Crippen LogP contribution in [0.5, 0.6) is 0 Å². The highest BCUT2D eigenvalue weighted by Gasteiger charge is 2.40. The van der Waals surface area contributed by atoms with E-state index in [1.54, 1.807) is 60.5 Å². The summed E-state index contributed by atoms with van der Waals surface area (Å²) >= 11 is 0. The van der Waals surface area contributed by atoms with Crippen LogP contribution >= 0.6 is 0 Å². The van der Waals surface area contributed by atoms with Crippen molar-refractivity contribution in [2.24, 2.45) is 7.05 Å². The monoisotopic (exact) mass is 412 g/mol. The van der Waals surface area contributed by atoms with Crippen LogP contribution in [0.3, 0.4) is 0 Å². The van der Waals surface area contributed by atoms with Crippen molar-refractivity contribution in [3.05, 3.63) is 66.1 Å². The second-order valence-electron chi connectivity index (χ2n) is 7.13. The average Bonchev–Trinajstić information content (AvgIpc) is 3.23. The summed E-state index contributed by atoms with van der Waals surface area (Å²) in [6.45, 7) is 1.41. The van der Waals surface area contributed by atoms with Crippen LogP contribution in [-0.4, -0.2) is 37.5 Å². The maximum Gasteiger partial charge on any atom is 0.267 e. The SMILES string of the molecule is CC(=O)Nc1ccc(N2C(=O)c3cnc4c(c(-c5ccncc5)nn4C)c3C2=O)cc1. The number of hydrogen-bond acceptors (Lipinski definition) is 6. The van der Waals surface area contributed by atoms with Gasteiger partial charge in [-0.15, -0.1) is 0 Å². The number of aromatic nitrogens is 4. The first kappa shape index (κ1) is 18.6. The fourth-order valence-corrected chi connectivity index (χ4v) is 3.77. The van der Waals surface area contributed by atoms with Crippen LogP contribution < -0.4 is 10.2 Å². The van der Waals surface area contributed by atoms with Crippen molar-refractivity contribution in [1.82, 2.24) is 19.7 Å². The van der Waals surface area contributed by atoms with E-state index in [1.807, 2.05) is 0 Å². The van der Waals surface area contributed by atoms with E-state index < -0.39 is 11.8 Å². The minimum atomic E-state index is -0.453. The molecule has 4 heterocycles. The Kier molecular flexibility index (Phi) is 4.11. The second kappa shape index (κ2) is 6.84. The number of amides is 3. The number of rotatable bonds is 3. The zero-order valence-corrected chi connectivity index (χ0v) is 16.7. The van der Waals surface area contributed by atoms with Gasteiger partial charge in [-0.3, -0.25) is 19.4 Å². The summed E-state index contributed by atoms with van der Waals surface area (Å²) in [6.07, 6.45) is 4.70. The van der Waals surface area contributed by atoms with E-state index in [1.165, 1.54) is 13.1 Å². The van der Waals surface area contributed by atoms with Gasteiger partial charge in [0.1, 0.15) is 5.69 Å². The first-order valence-electron chi connectivity index (χ1n) is 9.48. The van der Waals surface area contributed by atoms with Crippen molar-refractivity contribution in [3.8, 4) is 11.3 Å². The number of anilines is 2. The number of hydrogen-bond donors (Lipinski definition) is 1. The van der Waals surface area contributed by atoms with Gasteiger partial charge in [-0.25, -0.2) is 14.6 Å². The number of carbonyl (C=O) groups excluding carboxylic acids is 3. The van der Waals surface area contributed by atoms with Crippen LogP contribution in [0.15, 0.2) is 55.0 Å². The van der Waals surface area contributed by atoms with Crippen LogP contribution in [0.1, 0.15) is 27.6 Å². The molecule has 3 amide bonds. The summed E-state index contributed by atoms with van der Waals surface area (Å²) in [5.41, 5.74) is 3.33. The third-order valence-corrected chi connectivity index (χ3v) is 5.10. The third-order valence-electron chi connectivity index (χ3n) is 5.10. The first-order chi connectivity index (χ1) is 15.0. The second-order valence-corrected chi connectivity index (χ2v) is 7.13. The van der Waals surface area contributed by atoms with Crippen molar-refractivity contribution in [2.45, 2.75) is 6.92 Å². The maximum absolute atomic E-state index is 13.4. The first-order valence-corrected chi connectivity index (χ1v) is 9.48. The Morgan fingerprint density at radius 3 is 2.39 bits per heavy atom. The van der Waals surface area contributed by atoms with Gasteiger partial charge in [0.05, 0.1) is 22.2 Å². The molecule has 0 atom stereocenters. The van der Waals surface area contributed by atoms with Gasteiger partial charge in [0, 0.05) is 43.8 Å². The third kappa shape index (κ3) is 2.86. The number of aryl methyl sites for hydroxylation is 1. The largest absolute Gasteiger partial charge is 0.326 e. The highest BCUT2D eigenvalue weighted by Crippen LogP contribution is 2.37. The van der Waals surface area contributed by atoms with Gasteiger partial charge < -0.3 is 5.32 Å². The van der Waals surface area contributed by atoms with Crippen molar-refractivity contribution in [3.63, 3.8) is 0 Å². The van der Waals surface area contributed by atoms with Gasteiger partial charge in [-0.05, 0) is 36.4 Å². The summed E-state index contributed by atoms with van der Waals surface area (Å²) in [7, 11) is 1.74.